The summed E-state index contributed by atoms with van der Waals surface area (Å²) in [5.74, 6) is 0. The summed E-state index contributed by atoms with van der Waals surface area (Å²) in [6.45, 7) is 0. The van der Waals surface area contributed by atoms with Crippen LogP contribution in [0.5, 0.6) is 0 Å². The lowest BCUT2D eigenvalue weighted by Gasteiger charge is -2.02. The second kappa shape index (κ2) is 17.0. The zero-order valence-electron chi connectivity index (χ0n) is 11.9. The van der Waals surface area contributed by atoms with Gasteiger partial charge in [-0.3, -0.25) is 0 Å². The minimum absolute atomic E-state index is 0.745. The zero-order valence-corrected chi connectivity index (χ0v) is 13.5. The van der Waals surface area contributed by atoms with Gasteiger partial charge in [-0.05, 0) is 12.8 Å². The first-order chi connectivity index (χ1) is 8.91. The highest BCUT2D eigenvalue weighted by Crippen LogP contribution is 2.12. The molecule has 0 aliphatic rings. The lowest BCUT2D eigenvalue weighted by Crippen LogP contribution is -1.83. The van der Waals surface area contributed by atoms with Gasteiger partial charge >= 0.3 is 0 Å². The molecule has 0 atom stereocenters. The molecule has 0 aromatic carbocycles. The third-order valence-electron chi connectivity index (χ3n) is 3.42. The van der Waals surface area contributed by atoms with Crippen molar-refractivity contribution in [2.24, 2.45) is 0 Å². The first-order valence-electron chi connectivity index (χ1n) is 7.84. The van der Waals surface area contributed by atoms with E-state index in [0.717, 1.165) is 12.8 Å². The van der Waals surface area contributed by atoms with Gasteiger partial charge < -0.3 is 0 Å². The highest BCUT2D eigenvalue weighted by molar-refractivity contribution is 9.09. The van der Waals surface area contributed by atoms with Crippen LogP contribution in [0.2, 0.25) is 0 Å². The quantitative estimate of drug-likeness (QED) is 0.270. The second-order valence-electron chi connectivity index (χ2n) is 5.19. The normalized spacial score (nSPS) is 10.4. The molecule has 1 nitrogen and oxygen atoms in total. The van der Waals surface area contributed by atoms with Gasteiger partial charge in [0.05, 0.1) is 6.07 Å². The molecule has 0 amide bonds. The average Bonchev–Trinajstić information content (AvgIpc) is 2.39. The van der Waals surface area contributed by atoms with Crippen LogP contribution < -0.4 is 0 Å². The van der Waals surface area contributed by atoms with Crippen molar-refractivity contribution in [2.45, 2.75) is 89.9 Å². The van der Waals surface area contributed by atoms with Crippen molar-refractivity contribution in [3.8, 4) is 6.07 Å². The summed E-state index contributed by atoms with van der Waals surface area (Å²) >= 11 is 3.47. The topological polar surface area (TPSA) is 23.8 Å². The zero-order chi connectivity index (χ0) is 13.3. The van der Waals surface area contributed by atoms with Crippen LogP contribution >= 0.6 is 15.9 Å². The molecule has 106 valence electrons. The van der Waals surface area contributed by atoms with E-state index in [1.165, 1.54) is 82.4 Å². The van der Waals surface area contributed by atoms with E-state index in [-0.39, 0.29) is 0 Å². The Hall–Kier alpha value is -0.0300. The smallest absolute Gasteiger partial charge is 0.0621 e. The number of hydrogen-bond acceptors (Lipinski definition) is 1. The van der Waals surface area contributed by atoms with Gasteiger partial charge in [-0.25, -0.2) is 0 Å². The number of nitrogens with zero attached hydrogens (tertiary/aromatic N) is 1. The Morgan fingerprint density at radius 2 is 0.889 bits per heavy atom. The van der Waals surface area contributed by atoms with Gasteiger partial charge in [0.2, 0.25) is 0 Å². The predicted octanol–water partition coefficient (Wildman–Crippen LogP) is 6.37. The van der Waals surface area contributed by atoms with Crippen LogP contribution in [0, 0.1) is 11.3 Å². The molecule has 0 bridgehead atoms. The Kier molecular flexibility index (Phi) is 16.9. The molecule has 0 rings (SSSR count). The number of hydrogen-bond donors (Lipinski definition) is 0. The Labute approximate surface area is 122 Å². The molecule has 0 fully saturated rings. The first kappa shape index (κ1) is 18.0. The van der Waals surface area contributed by atoms with Crippen molar-refractivity contribution in [3.63, 3.8) is 0 Å². The molecule has 0 unspecified atom stereocenters. The first-order valence-corrected chi connectivity index (χ1v) is 8.97. The minimum Gasteiger partial charge on any atom is -0.198 e. The highest BCUT2D eigenvalue weighted by Gasteiger charge is 1.93. The maximum atomic E-state index is 8.41. The molecule has 0 aliphatic heterocycles. The van der Waals surface area contributed by atoms with Crippen molar-refractivity contribution >= 4 is 15.9 Å². The summed E-state index contributed by atoms with van der Waals surface area (Å²) in [5.41, 5.74) is 0. The van der Waals surface area contributed by atoms with Crippen molar-refractivity contribution < 1.29 is 0 Å². The lowest BCUT2D eigenvalue weighted by atomic mass is 10.0. The molecule has 18 heavy (non-hydrogen) atoms. The molecule has 2 heteroatoms. The molecule has 0 saturated heterocycles. The maximum absolute atomic E-state index is 8.41. The van der Waals surface area contributed by atoms with Gasteiger partial charge in [0.25, 0.3) is 0 Å². The summed E-state index contributed by atoms with van der Waals surface area (Å²) in [6.07, 6.45) is 18.5. The Bertz CT molecular complexity index is 186. The minimum atomic E-state index is 0.745. The van der Waals surface area contributed by atoms with Crippen LogP contribution in [-0.2, 0) is 0 Å². The number of alkyl halides is 1. The van der Waals surface area contributed by atoms with E-state index in [2.05, 4.69) is 22.0 Å². The van der Waals surface area contributed by atoms with Gasteiger partial charge in [-0.15, -0.1) is 0 Å². The van der Waals surface area contributed by atoms with Gasteiger partial charge in [0, 0.05) is 11.8 Å². The fraction of sp³-hybridized carbons (Fsp3) is 0.938. The molecular weight excluding hydrogens is 286 g/mol. The predicted molar refractivity (Wildman–Crippen MR) is 84.0 cm³/mol. The molecule has 0 N–H and O–H groups in total. The SMILES string of the molecule is N#CCCCCCCCCCCCCCCCBr. The lowest BCUT2D eigenvalue weighted by molar-refractivity contribution is 0.541. The number of rotatable bonds is 14. The Balaban J connectivity index is 2.89. The Morgan fingerprint density at radius 3 is 1.22 bits per heavy atom. The van der Waals surface area contributed by atoms with E-state index in [1.807, 2.05) is 0 Å². The standard InChI is InChI=1S/C16H30BrN/c17-15-13-11-9-7-5-3-1-2-4-6-8-10-12-14-16-18/h1-15H2. The van der Waals surface area contributed by atoms with E-state index in [4.69, 9.17) is 5.26 Å². The monoisotopic (exact) mass is 315 g/mol. The van der Waals surface area contributed by atoms with E-state index in [1.54, 1.807) is 0 Å². The van der Waals surface area contributed by atoms with Gasteiger partial charge in [0.1, 0.15) is 0 Å². The molecule has 0 aliphatic carbocycles. The molecule has 0 spiro atoms. The Morgan fingerprint density at radius 1 is 0.556 bits per heavy atom. The average molecular weight is 316 g/mol. The van der Waals surface area contributed by atoms with Crippen LogP contribution in [-0.4, -0.2) is 5.33 Å². The third kappa shape index (κ3) is 16.0. The molecule has 0 aromatic heterocycles. The summed E-state index contributed by atoms with van der Waals surface area (Å²) in [4.78, 5) is 0. The summed E-state index contributed by atoms with van der Waals surface area (Å²) < 4.78 is 0. The summed E-state index contributed by atoms with van der Waals surface area (Å²) in [7, 11) is 0. The molecule has 0 aromatic rings. The second-order valence-corrected chi connectivity index (χ2v) is 5.99. The largest absolute Gasteiger partial charge is 0.198 e. The molecule has 0 saturated carbocycles. The van der Waals surface area contributed by atoms with Gasteiger partial charge in [-0.1, -0.05) is 86.6 Å². The van der Waals surface area contributed by atoms with E-state index in [0.29, 0.717) is 0 Å². The molecule has 0 radical (unpaired) electrons. The van der Waals surface area contributed by atoms with E-state index >= 15 is 0 Å². The third-order valence-corrected chi connectivity index (χ3v) is 3.98. The van der Waals surface area contributed by atoms with Crippen LogP contribution in [0.3, 0.4) is 0 Å². The van der Waals surface area contributed by atoms with Crippen molar-refractivity contribution in [2.75, 3.05) is 5.33 Å². The van der Waals surface area contributed by atoms with E-state index in [9.17, 15) is 0 Å². The van der Waals surface area contributed by atoms with Crippen LogP contribution in [0.15, 0.2) is 0 Å². The van der Waals surface area contributed by atoms with Crippen molar-refractivity contribution in [1.29, 1.82) is 5.26 Å². The van der Waals surface area contributed by atoms with Crippen LogP contribution in [0.1, 0.15) is 89.9 Å². The van der Waals surface area contributed by atoms with Crippen LogP contribution in [0.4, 0.5) is 0 Å². The van der Waals surface area contributed by atoms with E-state index < -0.39 is 0 Å². The van der Waals surface area contributed by atoms with Gasteiger partial charge in [0.15, 0.2) is 0 Å². The molecule has 0 heterocycles. The fourth-order valence-corrected chi connectivity index (χ4v) is 2.64. The fourth-order valence-electron chi connectivity index (χ4n) is 2.24. The molecular formula is C16H30BrN. The number of unbranched alkanes of at least 4 members (excludes halogenated alkanes) is 13. The maximum Gasteiger partial charge on any atom is 0.0621 e. The number of halogens is 1. The van der Waals surface area contributed by atoms with Crippen molar-refractivity contribution in [1.82, 2.24) is 0 Å². The van der Waals surface area contributed by atoms with Crippen LogP contribution in [0.25, 0.3) is 0 Å². The van der Waals surface area contributed by atoms with Crippen molar-refractivity contribution in [3.05, 3.63) is 0 Å². The van der Waals surface area contributed by atoms with Gasteiger partial charge in [-0.2, -0.15) is 5.26 Å². The number of nitriles is 1. The summed E-state index contributed by atoms with van der Waals surface area (Å²) in [5, 5.41) is 9.57. The summed E-state index contributed by atoms with van der Waals surface area (Å²) in [6, 6.07) is 2.21. The highest BCUT2D eigenvalue weighted by atomic mass is 79.9.